The number of halogens is 3. The number of hydrogen-bond donors (Lipinski definition) is 0. The number of anilines is 1. The Labute approximate surface area is 195 Å². The number of alkyl halides is 3. The van der Waals surface area contributed by atoms with Crippen LogP contribution in [0.1, 0.15) is 39.7 Å². The molecule has 178 valence electrons. The summed E-state index contributed by atoms with van der Waals surface area (Å²) >= 11 is 1.39. The third-order valence-electron chi connectivity index (χ3n) is 6.08. The van der Waals surface area contributed by atoms with Crippen molar-refractivity contribution in [3.63, 3.8) is 0 Å². The third-order valence-corrected chi connectivity index (χ3v) is 9.74. The van der Waals surface area contributed by atoms with Gasteiger partial charge in [-0.3, -0.25) is 9.69 Å². The molecule has 1 amide bonds. The van der Waals surface area contributed by atoms with Gasteiger partial charge in [-0.1, -0.05) is 37.0 Å². The van der Waals surface area contributed by atoms with Gasteiger partial charge in [0.1, 0.15) is 0 Å². The summed E-state index contributed by atoms with van der Waals surface area (Å²) in [6.07, 6.45) is -4.28. The molecular formula is C23H25F3N2O3S2. The Morgan fingerprint density at radius 2 is 1.79 bits per heavy atom. The summed E-state index contributed by atoms with van der Waals surface area (Å²) in [7, 11) is -4.13. The Balaban J connectivity index is 0.00000306. The summed E-state index contributed by atoms with van der Waals surface area (Å²) in [6.45, 7) is 3.26. The normalized spacial score (nSPS) is 17.8. The maximum atomic E-state index is 13.3. The Morgan fingerprint density at radius 1 is 1.09 bits per heavy atom. The van der Waals surface area contributed by atoms with E-state index in [0.717, 1.165) is 22.3 Å². The molecule has 10 heteroatoms. The van der Waals surface area contributed by atoms with Gasteiger partial charge in [-0.25, -0.2) is 13.4 Å². The van der Waals surface area contributed by atoms with E-state index in [0.29, 0.717) is 24.2 Å². The van der Waals surface area contributed by atoms with Gasteiger partial charge in [0, 0.05) is 13.0 Å². The van der Waals surface area contributed by atoms with Crippen LogP contribution in [-0.2, 0) is 20.8 Å². The van der Waals surface area contributed by atoms with Crippen molar-refractivity contribution in [3.8, 4) is 0 Å². The van der Waals surface area contributed by atoms with Crippen LogP contribution in [-0.4, -0.2) is 30.6 Å². The monoisotopic (exact) mass is 498 g/mol. The topological polar surface area (TPSA) is 67.3 Å². The van der Waals surface area contributed by atoms with Crippen molar-refractivity contribution in [1.82, 2.24) is 4.98 Å². The molecule has 1 aliphatic heterocycles. The second-order valence-electron chi connectivity index (χ2n) is 8.33. The maximum absolute atomic E-state index is 13.3. The van der Waals surface area contributed by atoms with Crippen LogP contribution in [0.3, 0.4) is 0 Å². The number of amides is 1. The van der Waals surface area contributed by atoms with Gasteiger partial charge in [0.25, 0.3) is 0 Å². The first kappa shape index (κ1) is 25.2. The van der Waals surface area contributed by atoms with E-state index in [1.165, 1.54) is 31.3 Å². The molecule has 4 rings (SSSR count). The van der Waals surface area contributed by atoms with Gasteiger partial charge in [-0.05, 0) is 56.5 Å². The lowest BCUT2D eigenvalue weighted by atomic mass is 9.85. The van der Waals surface area contributed by atoms with E-state index >= 15 is 0 Å². The molecule has 1 fully saturated rings. The van der Waals surface area contributed by atoms with E-state index in [-0.39, 0.29) is 19.8 Å². The van der Waals surface area contributed by atoms with E-state index in [1.807, 2.05) is 24.3 Å². The van der Waals surface area contributed by atoms with Gasteiger partial charge in [-0.2, -0.15) is 13.2 Å². The predicted molar refractivity (Wildman–Crippen MR) is 124 cm³/mol. The summed E-state index contributed by atoms with van der Waals surface area (Å²) in [5.74, 6) is -0.784. The van der Waals surface area contributed by atoms with Crippen LogP contribution in [0.4, 0.5) is 18.3 Å². The van der Waals surface area contributed by atoms with Crippen LogP contribution in [0, 0.1) is 5.92 Å². The highest BCUT2D eigenvalue weighted by Crippen LogP contribution is 2.41. The van der Waals surface area contributed by atoms with Crippen molar-refractivity contribution in [2.45, 2.75) is 49.9 Å². The first-order chi connectivity index (χ1) is 14.9. The first-order valence-electron chi connectivity index (χ1n) is 9.99. The largest absolute Gasteiger partial charge is 0.416 e. The molecular weight excluding hydrogens is 473 g/mol. The number of rotatable bonds is 4. The number of carbonyl (C=O) groups excluding carboxylic acids is 1. The van der Waals surface area contributed by atoms with E-state index in [9.17, 15) is 26.4 Å². The Morgan fingerprint density at radius 3 is 2.42 bits per heavy atom. The number of benzene rings is 2. The lowest BCUT2D eigenvalue weighted by molar-refractivity contribution is -0.137. The molecule has 0 spiro atoms. The lowest BCUT2D eigenvalue weighted by Gasteiger charge is -2.39. The zero-order valence-electron chi connectivity index (χ0n) is 17.4. The molecule has 0 radical (unpaired) electrons. The number of sulfone groups is 1. The van der Waals surface area contributed by atoms with Crippen LogP contribution in [0.2, 0.25) is 0 Å². The van der Waals surface area contributed by atoms with E-state index in [1.54, 1.807) is 4.90 Å². The van der Waals surface area contributed by atoms with Crippen molar-refractivity contribution in [3.05, 3.63) is 54.1 Å². The lowest BCUT2D eigenvalue weighted by Crippen LogP contribution is -2.48. The molecule has 0 saturated carbocycles. The van der Waals surface area contributed by atoms with Crippen LogP contribution < -0.4 is 4.90 Å². The molecule has 2 heterocycles. The van der Waals surface area contributed by atoms with Gasteiger partial charge in [0.2, 0.25) is 5.91 Å². The molecule has 1 aliphatic rings. The molecule has 0 N–H and O–H groups in total. The highest BCUT2D eigenvalue weighted by atomic mass is 32.2. The minimum absolute atomic E-state index is 0. The fourth-order valence-electron chi connectivity index (χ4n) is 3.97. The molecule has 0 aliphatic carbocycles. The second-order valence-corrected chi connectivity index (χ2v) is 11.9. The van der Waals surface area contributed by atoms with Crippen LogP contribution >= 0.6 is 11.3 Å². The highest BCUT2D eigenvalue weighted by molar-refractivity contribution is 7.92. The Bertz CT molecular complexity index is 1250. The molecule has 0 unspecified atom stereocenters. The number of piperidine rings is 1. The van der Waals surface area contributed by atoms with E-state index in [2.05, 4.69) is 4.98 Å². The fraction of sp³-hybridized carbons (Fsp3) is 0.391. The number of carbonyl (C=O) groups is 1. The van der Waals surface area contributed by atoms with Gasteiger partial charge in [-0.15, -0.1) is 0 Å². The fourth-order valence-corrected chi connectivity index (χ4v) is 6.76. The van der Waals surface area contributed by atoms with Gasteiger partial charge >= 0.3 is 6.18 Å². The summed E-state index contributed by atoms with van der Waals surface area (Å²) in [4.78, 5) is 18.6. The van der Waals surface area contributed by atoms with E-state index in [4.69, 9.17) is 0 Å². The minimum Gasteiger partial charge on any atom is -0.288 e. The number of aromatic nitrogens is 1. The van der Waals surface area contributed by atoms with Crippen molar-refractivity contribution >= 4 is 42.4 Å². The van der Waals surface area contributed by atoms with E-state index < -0.39 is 37.1 Å². The van der Waals surface area contributed by atoms with Gasteiger partial charge in [0.15, 0.2) is 15.0 Å². The average molecular weight is 499 g/mol. The average Bonchev–Trinajstić information content (AvgIpc) is 3.17. The van der Waals surface area contributed by atoms with Crippen molar-refractivity contribution in [1.29, 1.82) is 0 Å². The molecule has 33 heavy (non-hydrogen) atoms. The molecule has 1 saturated heterocycles. The van der Waals surface area contributed by atoms with Gasteiger partial charge in [0.05, 0.1) is 25.4 Å². The van der Waals surface area contributed by atoms with Crippen LogP contribution in [0.5, 0.6) is 0 Å². The van der Waals surface area contributed by atoms with Crippen LogP contribution in [0.25, 0.3) is 10.2 Å². The third kappa shape index (κ3) is 4.50. The predicted octanol–water partition coefficient (Wildman–Crippen LogP) is 5.95. The number of hydrogen-bond acceptors (Lipinski definition) is 5. The standard InChI is InChI=1S/C22H21F3N2O3S2.CH4/c1-21(2,32(29,30)16-7-5-6-15(12-16)22(23,24)25)14-10-11-27(19(28)13-14)20-26-17-8-3-4-9-18(17)31-20;/h3-9,12,14H,10-11,13H2,1-2H3;1H4/t14-;/m1./s1. The minimum atomic E-state index is -4.64. The summed E-state index contributed by atoms with van der Waals surface area (Å²) in [6, 6.07) is 11.3. The quantitative estimate of drug-likeness (QED) is 0.446. The summed E-state index contributed by atoms with van der Waals surface area (Å²) in [5.41, 5.74) is -0.231. The zero-order chi connectivity index (χ0) is 23.3. The number of thiazole rings is 1. The molecule has 1 aromatic heterocycles. The second kappa shape index (κ2) is 8.72. The molecule has 3 aromatic rings. The molecule has 0 bridgehead atoms. The smallest absolute Gasteiger partial charge is 0.288 e. The number of para-hydroxylation sites is 1. The molecule has 5 nitrogen and oxygen atoms in total. The highest BCUT2D eigenvalue weighted by Gasteiger charge is 2.46. The first-order valence-corrected chi connectivity index (χ1v) is 12.3. The SMILES string of the molecule is C.CC(C)([C@@H]1CCN(c2nc3ccccc3s2)C(=O)C1)S(=O)(=O)c1cccc(C(F)(F)F)c1. The molecule has 2 aromatic carbocycles. The van der Waals surface area contributed by atoms with Crippen LogP contribution in [0.15, 0.2) is 53.4 Å². The molecule has 1 atom stereocenters. The number of fused-ring (bicyclic) bond motifs is 1. The van der Waals surface area contributed by atoms with Gasteiger partial charge < -0.3 is 0 Å². The van der Waals surface area contributed by atoms with Crippen molar-refractivity contribution in [2.75, 3.05) is 11.4 Å². The van der Waals surface area contributed by atoms with Crippen molar-refractivity contribution in [2.24, 2.45) is 5.92 Å². The maximum Gasteiger partial charge on any atom is 0.416 e. The summed E-state index contributed by atoms with van der Waals surface area (Å²) in [5, 5.41) is 0.563. The Kier molecular flexibility index (Phi) is 6.65. The number of nitrogens with zero attached hydrogens (tertiary/aromatic N) is 2. The zero-order valence-corrected chi connectivity index (χ0v) is 19.0. The summed E-state index contributed by atoms with van der Waals surface area (Å²) < 4.78 is 65.4. The Hall–Kier alpha value is -2.46. The van der Waals surface area contributed by atoms with Crippen molar-refractivity contribution < 1.29 is 26.4 Å².